The SMILES string of the molecule is CCc1cc(N2CCN(C)CC2)ccc1C(=O)NC1CCCCC1.Nc1cc(C(F)(F)F)nc2ccccc12. The van der Waals surface area contributed by atoms with Crippen LogP contribution in [0.5, 0.6) is 0 Å². The van der Waals surface area contributed by atoms with E-state index in [-0.39, 0.29) is 17.1 Å². The van der Waals surface area contributed by atoms with Gasteiger partial charge in [0.05, 0.1) is 5.52 Å². The average Bonchev–Trinajstić information content (AvgIpc) is 2.93. The van der Waals surface area contributed by atoms with E-state index >= 15 is 0 Å². The van der Waals surface area contributed by atoms with Gasteiger partial charge in [-0.3, -0.25) is 4.79 Å². The van der Waals surface area contributed by atoms with Crippen molar-refractivity contribution < 1.29 is 18.0 Å². The number of aryl methyl sites for hydroxylation is 1. The van der Waals surface area contributed by atoms with Crippen molar-refractivity contribution in [2.24, 2.45) is 0 Å². The van der Waals surface area contributed by atoms with Crippen LogP contribution in [0.3, 0.4) is 0 Å². The molecule has 2 aromatic carbocycles. The molecule has 1 amide bonds. The molecule has 6 nitrogen and oxygen atoms in total. The normalized spacial score (nSPS) is 17.0. The Morgan fingerprint density at radius 1 is 1.03 bits per heavy atom. The molecule has 5 rings (SSSR count). The predicted octanol–water partition coefficient (Wildman–Crippen LogP) is 5.90. The second kappa shape index (κ2) is 12.7. The fraction of sp³-hybridized carbons (Fsp3) is 0.467. The second-order valence-electron chi connectivity index (χ2n) is 10.4. The number of carbonyl (C=O) groups is 1. The topological polar surface area (TPSA) is 74.5 Å². The first kappa shape index (κ1) is 28.7. The van der Waals surface area contributed by atoms with E-state index in [2.05, 4.69) is 46.2 Å². The number of amides is 1. The van der Waals surface area contributed by atoms with E-state index in [9.17, 15) is 18.0 Å². The first-order valence-corrected chi connectivity index (χ1v) is 13.8. The highest BCUT2D eigenvalue weighted by molar-refractivity contribution is 5.96. The number of fused-ring (bicyclic) bond motifs is 1. The zero-order chi connectivity index (χ0) is 28.0. The summed E-state index contributed by atoms with van der Waals surface area (Å²) in [6.45, 7) is 6.47. The minimum atomic E-state index is -4.46. The van der Waals surface area contributed by atoms with E-state index < -0.39 is 11.9 Å². The van der Waals surface area contributed by atoms with Gasteiger partial charge in [0, 0.05) is 54.5 Å². The summed E-state index contributed by atoms with van der Waals surface area (Å²) in [5, 5.41) is 3.79. The van der Waals surface area contributed by atoms with Crippen LogP contribution in [-0.2, 0) is 12.6 Å². The van der Waals surface area contributed by atoms with Crippen molar-refractivity contribution in [2.75, 3.05) is 43.9 Å². The number of halogens is 3. The molecule has 39 heavy (non-hydrogen) atoms. The summed E-state index contributed by atoms with van der Waals surface area (Å²) in [6, 6.07) is 14.1. The summed E-state index contributed by atoms with van der Waals surface area (Å²) < 4.78 is 37.1. The van der Waals surface area contributed by atoms with Crippen molar-refractivity contribution in [3.05, 3.63) is 65.4 Å². The number of piperazine rings is 1. The largest absolute Gasteiger partial charge is 0.433 e. The molecular weight excluding hydrogens is 503 g/mol. The highest BCUT2D eigenvalue weighted by Gasteiger charge is 2.33. The van der Waals surface area contributed by atoms with Crippen molar-refractivity contribution in [3.63, 3.8) is 0 Å². The Morgan fingerprint density at radius 3 is 2.38 bits per heavy atom. The van der Waals surface area contributed by atoms with Crippen LogP contribution in [0.2, 0.25) is 0 Å². The number of anilines is 2. The number of pyridine rings is 1. The maximum Gasteiger partial charge on any atom is 0.433 e. The van der Waals surface area contributed by atoms with Crippen LogP contribution >= 0.6 is 0 Å². The van der Waals surface area contributed by atoms with Gasteiger partial charge >= 0.3 is 6.18 Å². The van der Waals surface area contributed by atoms with Gasteiger partial charge < -0.3 is 20.9 Å². The summed E-state index contributed by atoms with van der Waals surface area (Å²) in [5.41, 5.74) is 8.19. The van der Waals surface area contributed by atoms with E-state index in [1.165, 1.54) is 36.6 Å². The number of para-hydroxylation sites is 1. The molecule has 9 heteroatoms. The maximum atomic E-state index is 12.7. The number of nitrogens with zero attached hydrogens (tertiary/aromatic N) is 3. The summed E-state index contributed by atoms with van der Waals surface area (Å²) in [4.78, 5) is 21.0. The van der Waals surface area contributed by atoms with Crippen LogP contribution in [0.4, 0.5) is 24.5 Å². The lowest BCUT2D eigenvalue weighted by Gasteiger charge is -2.34. The maximum absolute atomic E-state index is 12.7. The fourth-order valence-corrected chi connectivity index (χ4v) is 5.21. The molecule has 0 unspecified atom stereocenters. The number of alkyl halides is 3. The molecule has 210 valence electrons. The highest BCUT2D eigenvalue weighted by Crippen LogP contribution is 2.31. The van der Waals surface area contributed by atoms with Gasteiger partial charge in [-0.1, -0.05) is 44.4 Å². The molecule has 1 saturated carbocycles. The number of nitrogens with two attached hydrogens (primary N) is 1. The van der Waals surface area contributed by atoms with Gasteiger partial charge in [-0.05, 0) is 62.2 Å². The molecule has 1 aromatic heterocycles. The van der Waals surface area contributed by atoms with Crippen molar-refractivity contribution in [3.8, 4) is 0 Å². The van der Waals surface area contributed by atoms with Crippen molar-refractivity contribution >= 4 is 28.2 Å². The molecule has 0 spiro atoms. The smallest absolute Gasteiger partial charge is 0.398 e. The number of hydrogen-bond acceptors (Lipinski definition) is 5. The summed E-state index contributed by atoms with van der Waals surface area (Å²) in [6.07, 6.45) is 2.50. The Hall–Kier alpha value is -3.33. The molecule has 0 atom stereocenters. The predicted molar refractivity (Wildman–Crippen MR) is 151 cm³/mol. The molecule has 2 aliphatic rings. The monoisotopic (exact) mass is 541 g/mol. The number of benzene rings is 2. The second-order valence-corrected chi connectivity index (χ2v) is 10.4. The van der Waals surface area contributed by atoms with Gasteiger partial charge in [0.1, 0.15) is 5.69 Å². The lowest BCUT2D eigenvalue weighted by atomic mass is 9.95. The van der Waals surface area contributed by atoms with E-state index in [1.807, 2.05) is 6.07 Å². The van der Waals surface area contributed by atoms with Crippen LogP contribution in [0.15, 0.2) is 48.5 Å². The third-order valence-electron chi connectivity index (χ3n) is 7.56. The molecule has 2 fully saturated rings. The number of nitrogens with one attached hydrogen (secondary N) is 1. The van der Waals surface area contributed by atoms with Gasteiger partial charge in [-0.15, -0.1) is 0 Å². The molecule has 0 radical (unpaired) electrons. The molecule has 1 saturated heterocycles. The number of rotatable bonds is 4. The molecular formula is C30H38F3N5O. The quantitative estimate of drug-likeness (QED) is 0.430. The van der Waals surface area contributed by atoms with Crippen LogP contribution < -0.4 is 16.0 Å². The Kier molecular flexibility index (Phi) is 9.32. The molecule has 2 heterocycles. The number of aromatic nitrogens is 1. The number of likely N-dealkylation sites (N-methyl/N-ethyl adjacent to an activating group) is 1. The van der Waals surface area contributed by atoms with Crippen LogP contribution in [0, 0.1) is 0 Å². The van der Waals surface area contributed by atoms with Gasteiger partial charge in [0.15, 0.2) is 0 Å². The third-order valence-corrected chi connectivity index (χ3v) is 7.56. The van der Waals surface area contributed by atoms with E-state index in [0.29, 0.717) is 11.4 Å². The first-order chi connectivity index (χ1) is 18.7. The van der Waals surface area contributed by atoms with E-state index in [1.54, 1.807) is 18.2 Å². The molecule has 1 aliphatic carbocycles. The van der Waals surface area contributed by atoms with Gasteiger partial charge in [-0.2, -0.15) is 13.2 Å². The van der Waals surface area contributed by atoms with Crippen LogP contribution in [0.25, 0.3) is 10.9 Å². The van der Waals surface area contributed by atoms with Gasteiger partial charge in [0.25, 0.3) is 5.91 Å². The van der Waals surface area contributed by atoms with Gasteiger partial charge in [0.2, 0.25) is 0 Å². The molecule has 1 aliphatic heterocycles. The Bertz CT molecular complexity index is 1270. The highest BCUT2D eigenvalue weighted by atomic mass is 19.4. The number of carbonyl (C=O) groups excluding carboxylic acids is 1. The Morgan fingerprint density at radius 2 is 1.72 bits per heavy atom. The minimum absolute atomic E-state index is 0.0907. The van der Waals surface area contributed by atoms with Crippen LogP contribution in [0.1, 0.15) is 60.6 Å². The van der Waals surface area contributed by atoms with Crippen LogP contribution in [-0.4, -0.2) is 55.1 Å². The zero-order valence-electron chi connectivity index (χ0n) is 22.7. The molecule has 3 N–H and O–H groups in total. The number of hydrogen-bond donors (Lipinski definition) is 2. The Labute approximate surface area is 228 Å². The Balaban J connectivity index is 0.000000202. The lowest BCUT2D eigenvalue weighted by Crippen LogP contribution is -2.44. The molecule has 3 aromatic rings. The summed E-state index contributed by atoms with van der Waals surface area (Å²) in [5.74, 6) is 0.115. The molecule has 0 bridgehead atoms. The van der Waals surface area contributed by atoms with Crippen molar-refractivity contribution in [1.82, 2.24) is 15.2 Å². The van der Waals surface area contributed by atoms with Gasteiger partial charge in [-0.25, -0.2) is 4.98 Å². The van der Waals surface area contributed by atoms with E-state index in [4.69, 9.17) is 5.73 Å². The summed E-state index contributed by atoms with van der Waals surface area (Å²) >= 11 is 0. The van der Waals surface area contributed by atoms with Crippen molar-refractivity contribution in [1.29, 1.82) is 0 Å². The zero-order valence-corrected chi connectivity index (χ0v) is 22.7. The lowest BCUT2D eigenvalue weighted by molar-refractivity contribution is -0.140. The third kappa shape index (κ3) is 7.41. The average molecular weight is 542 g/mol. The van der Waals surface area contributed by atoms with Crippen molar-refractivity contribution in [2.45, 2.75) is 57.7 Å². The summed E-state index contributed by atoms with van der Waals surface area (Å²) in [7, 11) is 2.17. The minimum Gasteiger partial charge on any atom is -0.398 e. The van der Waals surface area contributed by atoms with E-state index in [0.717, 1.165) is 57.1 Å². The standard InChI is InChI=1S/C20H31N3O.C10H7F3N2/c1-3-16-15-18(23-13-11-22(2)12-14-23)9-10-19(16)20(24)21-17-7-5-4-6-8-17;11-10(12,13)9-5-7(14)6-3-1-2-4-8(6)15-9/h9-10,15,17H,3-8,11-14H2,1-2H3,(H,21,24);1-5H,(H2,14,15). The first-order valence-electron chi connectivity index (χ1n) is 13.8. The number of nitrogen functional groups attached to an aromatic ring is 1. The fourth-order valence-electron chi connectivity index (χ4n) is 5.21.